The van der Waals surface area contributed by atoms with Crippen LogP contribution in [-0.4, -0.2) is 34.5 Å². The van der Waals surface area contributed by atoms with Crippen LogP contribution in [0.4, 0.5) is 0 Å². The van der Waals surface area contributed by atoms with Gasteiger partial charge in [-0.1, -0.05) is 0 Å². The number of halogens is 1. The fraction of sp³-hybridized carbons (Fsp3) is 0.455. The molecule has 1 atom stereocenters. The molecule has 0 bridgehead atoms. The van der Waals surface area contributed by atoms with Gasteiger partial charge in [-0.2, -0.15) is 0 Å². The molecule has 1 aliphatic heterocycles. The predicted octanol–water partition coefficient (Wildman–Crippen LogP) is 2.01. The standard InChI is InChI=1S/C11H12ClNO4/c12-9-5-4-8(17-9)10(14)13-6-2-1-3-7(13)11(15)16/h4-5,7H,1-3,6H2,(H,15,16)/t7-/m0/s1. The Morgan fingerprint density at radius 2 is 2.18 bits per heavy atom. The maximum Gasteiger partial charge on any atom is 0.326 e. The lowest BCUT2D eigenvalue weighted by molar-refractivity contribution is -0.143. The molecule has 0 aliphatic carbocycles. The first-order valence-corrected chi connectivity index (χ1v) is 5.76. The van der Waals surface area contributed by atoms with Crippen LogP contribution < -0.4 is 0 Å². The summed E-state index contributed by atoms with van der Waals surface area (Å²) in [4.78, 5) is 24.4. The average molecular weight is 258 g/mol. The third-order valence-corrected chi connectivity index (χ3v) is 3.04. The summed E-state index contributed by atoms with van der Waals surface area (Å²) >= 11 is 5.59. The minimum Gasteiger partial charge on any atom is -0.480 e. The Labute approximate surface area is 103 Å². The Morgan fingerprint density at radius 3 is 2.76 bits per heavy atom. The predicted molar refractivity (Wildman–Crippen MR) is 60.0 cm³/mol. The van der Waals surface area contributed by atoms with Gasteiger partial charge in [0.15, 0.2) is 11.0 Å². The molecule has 0 saturated carbocycles. The number of carboxylic acids is 1. The second-order valence-electron chi connectivity index (χ2n) is 3.95. The highest BCUT2D eigenvalue weighted by molar-refractivity contribution is 6.29. The number of nitrogens with zero attached hydrogens (tertiary/aromatic N) is 1. The third-order valence-electron chi connectivity index (χ3n) is 2.83. The minimum atomic E-state index is -0.976. The van der Waals surface area contributed by atoms with Gasteiger partial charge >= 0.3 is 5.97 Å². The number of rotatable bonds is 2. The van der Waals surface area contributed by atoms with Crippen LogP contribution in [0.2, 0.25) is 5.22 Å². The van der Waals surface area contributed by atoms with Gasteiger partial charge in [-0.3, -0.25) is 4.79 Å². The molecule has 0 radical (unpaired) electrons. The first-order valence-electron chi connectivity index (χ1n) is 5.38. The number of furan rings is 1. The summed E-state index contributed by atoms with van der Waals surface area (Å²) in [5.41, 5.74) is 0. The number of likely N-dealkylation sites (tertiary alicyclic amines) is 1. The van der Waals surface area contributed by atoms with Gasteiger partial charge in [0.25, 0.3) is 5.91 Å². The summed E-state index contributed by atoms with van der Waals surface area (Å²) in [6.07, 6.45) is 2.11. The number of aliphatic carboxylic acids is 1. The van der Waals surface area contributed by atoms with Gasteiger partial charge in [0, 0.05) is 6.54 Å². The van der Waals surface area contributed by atoms with Crippen molar-refractivity contribution >= 4 is 23.5 Å². The zero-order valence-corrected chi connectivity index (χ0v) is 9.81. The third kappa shape index (κ3) is 2.44. The second-order valence-corrected chi connectivity index (χ2v) is 4.32. The van der Waals surface area contributed by atoms with E-state index in [4.69, 9.17) is 21.1 Å². The molecule has 1 aromatic heterocycles. The summed E-state index contributed by atoms with van der Waals surface area (Å²) in [6.45, 7) is 0.439. The molecule has 2 rings (SSSR count). The lowest BCUT2D eigenvalue weighted by Crippen LogP contribution is -2.47. The fourth-order valence-electron chi connectivity index (χ4n) is 2.00. The maximum absolute atomic E-state index is 12.0. The molecule has 1 fully saturated rings. The normalized spacial score (nSPS) is 20.3. The Hall–Kier alpha value is -1.49. The Kier molecular flexibility index (Phi) is 3.38. The number of piperidine rings is 1. The van der Waals surface area contributed by atoms with Crippen LogP contribution in [0.25, 0.3) is 0 Å². The monoisotopic (exact) mass is 257 g/mol. The molecule has 0 unspecified atom stereocenters. The number of hydrogen-bond donors (Lipinski definition) is 1. The molecule has 1 aliphatic rings. The van der Waals surface area contributed by atoms with E-state index in [1.165, 1.54) is 17.0 Å². The molecular formula is C11H12ClNO4. The molecule has 1 amide bonds. The number of carbonyl (C=O) groups excluding carboxylic acids is 1. The van der Waals surface area contributed by atoms with E-state index in [1.54, 1.807) is 0 Å². The Morgan fingerprint density at radius 1 is 1.41 bits per heavy atom. The first kappa shape index (κ1) is 12.0. The smallest absolute Gasteiger partial charge is 0.326 e. The van der Waals surface area contributed by atoms with Crippen LogP contribution in [0.3, 0.4) is 0 Å². The molecular weight excluding hydrogens is 246 g/mol. The largest absolute Gasteiger partial charge is 0.480 e. The lowest BCUT2D eigenvalue weighted by atomic mass is 10.0. The first-order chi connectivity index (χ1) is 8.09. The lowest BCUT2D eigenvalue weighted by Gasteiger charge is -2.32. The van der Waals surface area contributed by atoms with Crippen molar-refractivity contribution in [2.75, 3.05) is 6.54 Å². The van der Waals surface area contributed by atoms with E-state index in [-0.39, 0.29) is 11.0 Å². The summed E-state index contributed by atoms with van der Waals surface area (Å²) in [7, 11) is 0. The van der Waals surface area contributed by atoms with Crippen molar-refractivity contribution in [1.82, 2.24) is 4.90 Å². The van der Waals surface area contributed by atoms with E-state index < -0.39 is 17.9 Å². The minimum absolute atomic E-state index is 0.0863. The summed E-state index contributed by atoms with van der Waals surface area (Å²) in [5, 5.41) is 9.18. The van der Waals surface area contributed by atoms with Crippen LogP contribution in [0.15, 0.2) is 16.5 Å². The average Bonchev–Trinajstić information content (AvgIpc) is 2.75. The SMILES string of the molecule is O=C(O)[C@@H]1CCCCN1C(=O)c1ccc(Cl)o1. The molecule has 6 heteroatoms. The highest BCUT2D eigenvalue weighted by Gasteiger charge is 2.33. The molecule has 1 saturated heterocycles. The molecule has 2 heterocycles. The maximum atomic E-state index is 12.0. The van der Waals surface area contributed by atoms with Crippen LogP contribution in [0.1, 0.15) is 29.8 Å². The van der Waals surface area contributed by atoms with Crippen LogP contribution in [0.5, 0.6) is 0 Å². The zero-order valence-electron chi connectivity index (χ0n) is 9.06. The van der Waals surface area contributed by atoms with E-state index >= 15 is 0 Å². The van der Waals surface area contributed by atoms with E-state index in [1.807, 2.05) is 0 Å². The van der Waals surface area contributed by atoms with E-state index in [9.17, 15) is 9.59 Å². The topological polar surface area (TPSA) is 70.8 Å². The molecule has 1 N–H and O–H groups in total. The van der Waals surface area contributed by atoms with Crippen molar-refractivity contribution in [2.45, 2.75) is 25.3 Å². The second kappa shape index (κ2) is 4.79. The van der Waals surface area contributed by atoms with E-state index in [0.717, 1.165) is 12.8 Å². The van der Waals surface area contributed by atoms with Gasteiger partial charge in [-0.15, -0.1) is 0 Å². The van der Waals surface area contributed by atoms with Gasteiger partial charge < -0.3 is 14.4 Å². The van der Waals surface area contributed by atoms with Crippen LogP contribution in [0, 0.1) is 0 Å². The fourth-order valence-corrected chi connectivity index (χ4v) is 2.15. The molecule has 5 nitrogen and oxygen atoms in total. The number of hydrogen-bond acceptors (Lipinski definition) is 3. The Bertz CT molecular complexity index is 442. The van der Waals surface area contributed by atoms with Crippen molar-refractivity contribution in [3.05, 3.63) is 23.1 Å². The van der Waals surface area contributed by atoms with Gasteiger partial charge in [0.1, 0.15) is 6.04 Å². The molecule has 17 heavy (non-hydrogen) atoms. The van der Waals surface area contributed by atoms with Gasteiger partial charge in [-0.25, -0.2) is 4.79 Å². The van der Waals surface area contributed by atoms with Crippen molar-refractivity contribution in [3.8, 4) is 0 Å². The molecule has 0 spiro atoms. The van der Waals surface area contributed by atoms with Gasteiger partial charge in [0.2, 0.25) is 0 Å². The van der Waals surface area contributed by atoms with Crippen molar-refractivity contribution in [1.29, 1.82) is 0 Å². The molecule has 1 aromatic rings. The number of carboxylic acid groups (broad SMARTS) is 1. The highest BCUT2D eigenvalue weighted by atomic mass is 35.5. The Balaban J connectivity index is 2.19. The molecule has 92 valence electrons. The number of amides is 1. The van der Waals surface area contributed by atoms with Crippen molar-refractivity contribution in [2.24, 2.45) is 0 Å². The van der Waals surface area contributed by atoms with Crippen molar-refractivity contribution in [3.63, 3.8) is 0 Å². The van der Waals surface area contributed by atoms with Gasteiger partial charge in [-0.05, 0) is 43.0 Å². The quantitative estimate of drug-likeness (QED) is 0.880. The highest BCUT2D eigenvalue weighted by Crippen LogP contribution is 2.22. The summed E-state index contributed by atoms with van der Waals surface area (Å²) in [6, 6.07) is 2.16. The number of carbonyl (C=O) groups is 2. The van der Waals surface area contributed by atoms with Crippen molar-refractivity contribution < 1.29 is 19.1 Å². The van der Waals surface area contributed by atoms with Crippen LogP contribution in [-0.2, 0) is 4.79 Å². The van der Waals surface area contributed by atoms with Gasteiger partial charge in [0.05, 0.1) is 0 Å². The summed E-state index contributed by atoms with van der Waals surface area (Å²) < 4.78 is 5.01. The van der Waals surface area contributed by atoms with E-state index in [0.29, 0.717) is 13.0 Å². The molecule has 0 aromatic carbocycles. The summed E-state index contributed by atoms with van der Waals surface area (Å²) in [5.74, 6) is -1.30. The zero-order chi connectivity index (χ0) is 12.4. The van der Waals surface area contributed by atoms with Crippen LogP contribution >= 0.6 is 11.6 Å². The van der Waals surface area contributed by atoms with E-state index in [2.05, 4.69) is 0 Å².